The van der Waals surface area contributed by atoms with Crippen molar-refractivity contribution in [1.29, 1.82) is 0 Å². The number of carbonyl (C=O) groups is 1. The average Bonchev–Trinajstić information content (AvgIpc) is 3.26. The molecule has 128 valence electrons. The molecule has 1 aliphatic heterocycles. The van der Waals surface area contributed by atoms with Crippen molar-refractivity contribution in [2.75, 3.05) is 26.9 Å². The summed E-state index contributed by atoms with van der Waals surface area (Å²) in [5.41, 5.74) is 2.23. The van der Waals surface area contributed by atoms with Gasteiger partial charge in [0.05, 0.1) is 38.3 Å². The summed E-state index contributed by atoms with van der Waals surface area (Å²) in [5, 5.41) is 9.35. The molecule has 0 saturated heterocycles. The van der Waals surface area contributed by atoms with Gasteiger partial charge < -0.3 is 14.8 Å². The van der Waals surface area contributed by atoms with Crippen LogP contribution in [0.15, 0.2) is 29.8 Å². The molecule has 1 unspecified atom stereocenters. The highest BCUT2D eigenvalue weighted by atomic mass is 32.1. The molecule has 1 atom stereocenters. The van der Waals surface area contributed by atoms with Crippen molar-refractivity contribution < 1.29 is 14.3 Å². The second-order valence-electron chi connectivity index (χ2n) is 5.57. The molecule has 0 aliphatic carbocycles. The standard InChI is InChI=1S/C17H21N3O3S/c1-22-7-6-20-16-12-23-11-13(15(16)10-19-20)9-18-17(21)5-4-14-3-2-8-24-14/h2-5,8,10,13H,6-7,9,11-12H2,1H3,(H,18,21)/b5-4+. The normalized spacial score (nSPS) is 17.1. The molecule has 6 nitrogen and oxygen atoms in total. The van der Waals surface area contributed by atoms with Crippen LogP contribution in [-0.2, 0) is 27.4 Å². The maximum Gasteiger partial charge on any atom is 0.244 e. The van der Waals surface area contributed by atoms with E-state index in [1.165, 1.54) is 0 Å². The maximum atomic E-state index is 12.0. The molecule has 3 rings (SSSR count). The van der Waals surface area contributed by atoms with Gasteiger partial charge in [-0.15, -0.1) is 11.3 Å². The number of ether oxygens (including phenoxy) is 2. The predicted molar refractivity (Wildman–Crippen MR) is 92.9 cm³/mol. The molecular formula is C17H21N3O3S. The molecule has 7 heteroatoms. The van der Waals surface area contributed by atoms with Gasteiger partial charge in [-0.1, -0.05) is 6.07 Å². The summed E-state index contributed by atoms with van der Waals surface area (Å²) >= 11 is 1.60. The van der Waals surface area contributed by atoms with Crippen molar-refractivity contribution in [3.8, 4) is 0 Å². The number of aromatic nitrogens is 2. The van der Waals surface area contributed by atoms with Crippen LogP contribution in [0, 0.1) is 0 Å². The van der Waals surface area contributed by atoms with Crippen LogP contribution in [0.3, 0.4) is 0 Å². The fourth-order valence-corrected chi connectivity index (χ4v) is 3.30. The number of nitrogens with one attached hydrogen (secondary N) is 1. The van der Waals surface area contributed by atoms with E-state index in [0.717, 1.165) is 16.1 Å². The largest absolute Gasteiger partial charge is 0.383 e. The molecule has 2 aromatic heterocycles. The van der Waals surface area contributed by atoms with E-state index in [2.05, 4.69) is 10.4 Å². The van der Waals surface area contributed by atoms with Crippen LogP contribution >= 0.6 is 11.3 Å². The third kappa shape index (κ3) is 4.11. The van der Waals surface area contributed by atoms with E-state index in [0.29, 0.717) is 32.9 Å². The second kappa shape index (κ2) is 8.23. The first-order valence-electron chi connectivity index (χ1n) is 7.88. The number of rotatable bonds is 7. The Morgan fingerprint density at radius 3 is 3.33 bits per heavy atom. The highest BCUT2D eigenvalue weighted by Gasteiger charge is 2.25. The number of hydrogen-bond acceptors (Lipinski definition) is 5. The Morgan fingerprint density at radius 1 is 1.62 bits per heavy atom. The van der Waals surface area contributed by atoms with Gasteiger partial charge in [-0.2, -0.15) is 5.10 Å². The highest BCUT2D eigenvalue weighted by Crippen LogP contribution is 2.26. The lowest BCUT2D eigenvalue weighted by Gasteiger charge is -2.23. The Hall–Kier alpha value is -1.96. The zero-order chi connectivity index (χ0) is 16.8. The Morgan fingerprint density at radius 2 is 2.54 bits per heavy atom. The molecular weight excluding hydrogens is 326 g/mol. The number of carbonyl (C=O) groups excluding carboxylic acids is 1. The van der Waals surface area contributed by atoms with Crippen LogP contribution in [0.4, 0.5) is 0 Å². The van der Waals surface area contributed by atoms with Crippen molar-refractivity contribution in [2.45, 2.75) is 19.1 Å². The smallest absolute Gasteiger partial charge is 0.244 e. The second-order valence-corrected chi connectivity index (χ2v) is 6.55. The molecule has 1 amide bonds. The molecule has 0 aromatic carbocycles. The third-order valence-electron chi connectivity index (χ3n) is 3.95. The van der Waals surface area contributed by atoms with E-state index in [1.54, 1.807) is 24.5 Å². The van der Waals surface area contributed by atoms with Crippen molar-refractivity contribution >= 4 is 23.3 Å². The SMILES string of the molecule is COCCn1ncc2c1COCC2CNC(=O)/C=C/c1cccs1. The Bertz CT molecular complexity index is 694. The molecule has 0 fully saturated rings. The molecule has 0 bridgehead atoms. The lowest BCUT2D eigenvalue weighted by atomic mass is 9.98. The van der Waals surface area contributed by atoms with Crippen LogP contribution in [-0.4, -0.2) is 42.6 Å². The van der Waals surface area contributed by atoms with E-state index in [9.17, 15) is 4.79 Å². The predicted octanol–water partition coefficient (Wildman–Crippen LogP) is 2.03. The minimum absolute atomic E-state index is 0.0951. The number of fused-ring (bicyclic) bond motifs is 1. The summed E-state index contributed by atoms with van der Waals surface area (Å²) in [6, 6.07) is 3.94. The van der Waals surface area contributed by atoms with Crippen molar-refractivity contribution in [3.05, 3.63) is 45.9 Å². The molecule has 24 heavy (non-hydrogen) atoms. The monoisotopic (exact) mass is 347 g/mol. The molecule has 0 saturated carbocycles. The minimum Gasteiger partial charge on any atom is -0.383 e. The van der Waals surface area contributed by atoms with Crippen LogP contribution < -0.4 is 5.32 Å². The first kappa shape index (κ1) is 16.9. The Labute approximate surface area is 145 Å². The number of methoxy groups -OCH3 is 1. The van der Waals surface area contributed by atoms with E-state index in [-0.39, 0.29) is 11.8 Å². The van der Waals surface area contributed by atoms with Gasteiger partial charge in [-0.25, -0.2) is 0 Å². The fraction of sp³-hybridized carbons (Fsp3) is 0.412. The number of thiophene rings is 1. The quantitative estimate of drug-likeness (QED) is 0.779. The summed E-state index contributed by atoms with van der Waals surface area (Å²) < 4.78 is 12.7. The van der Waals surface area contributed by atoms with E-state index < -0.39 is 0 Å². The fourth-order valence-electron chi connectivity index (χ4n) is 2.68. The third-order valence-corrected chi connectivity index (χ3v) is 4.79. The van der Waals surface area contributed by atoms with Crippen LogP contribution in [0.1, 0.15) is 22.1 Å². The highest BCUT2D eigenvalue weighted by molar-refractivity contribution is 7.10. The van der Waals surface area contributed by atoms with Crippen molar-refractivity contribution in [3.63, 3.8) is 0 Å². The van der Waals surface area contributed by atoms with Gasteiger partial charge in [0.25, 0.3) is 0 Å². The first-order chi connectivity index (χ1) is 11.8. The molecule has 0 spiro atoms. The Kier molecular flexibility index (Phi) is 5.79. The van der Waals surface area contributed by atoms with Gasteiger partial charge >= 0.3 is 0 Å². The van der Waals surface area contributed by atoms with Gasteiger partial charge in [-0.05, 0) is 17.5 Å². The van der Waals surface area contributed by atoms with E-state index in [4.69, 9.17) is 9.47 Å². The number of amides is 1. The van der Waals surface area contributed by atoms with Crippen molar-refractivity contribution in [2.24, 2.45) is 0 Å². The number of nitrogens with zero attached hydrogens (tertiary/aromatic N) is 2. The van der Waals surface area contributed by atoms with Gasteiger partial charge in [-0.3, -0.25) is 9.48 Å². The van der Waals surface area contributed by atoms with E-state index >= 15 is 0 Å². The topological polar surface area (TPSA) is 65.4 Å². The summed E-state index contributed by atoms with van der Waals surface area (Å²) in [6.07, 6.45) is 5.27. The Balaban J connectivity index is 1.57. The molecule has 1 N–H and O–H groups in total. The molecule has 3 heterocycles. The lowest BCUT2D eigenvalue weighted by Crippen LogP contribution is -2.31. The minimum atomic E-state index is -0.0951. The zero-order valence-corrected chi connectivity index (χ0v) is 14.4. The molecule has 1 aliphatic rings. The van der Waals surface area contributed by atoms with Gasteiger partial charge in [0.1, 0.15) is 0 Å². The summed E-state index contributed by atoms with van der Waals surface area (Å²) in [5.74, 6) is 0.0337. The summed E-state index contributed by atoms with van der Waals surface area (Å²) in [6.45, 7) is 3.01. The van der Waals surface area contributed by atoms with Crippen LogP contribution in [0.5, 0.6) is 0 Å². The van der Waals surface area contributed by atoms with Gasteiger partial charge in [0.2, 0.25) is 5.91 Å². The maximum absolute atomic E-state index is 12.0. The van der Waals surface area contributed by atoms with E-state index in [1.807, 2.05) is 34.5 Å². The van der Waals surface area contributed by atoms with Crippen LogP contribution in [0.2, 0.25) is 0 Å². The zero-order valence-electron chi connectivity index (χ0n) is 13.6. The first-order valence-corrected chi connectivity index (χ1v) is 8.76. The summed E-state index contributed by atoms with van der Waals surface area (Å²) in [7, 11) is 1.68. The van der Waals surface area contributed by atoms with Crippen LogP contribution in [0.25, 0.3) is 6.08 Å². The van der Waals surface area contributed by atoms with Gasteiger partial charge in [0.15, 0.2) is 0 Å². The van der Waals surface area contributed by atoms with Gasteiger partial charge in [0, 0.05) is 36.1 Å². The lowest BCUT2D eigenvalue weighted by molar-refractivity contribution is -0.116. The average molecular weight is 347 g/mol. The molecule has 2 aromatic rings. The molecule has 0 radical (unpaired) electrons. The van der Waals surface area contributed by atoms with Crippen molar-refractivity contribution in [1.82, 2.24) is 15.1 Å². The number of hydrogen-bond donors (Lipinski definition) is 1. The summed E-state index contributed by atoms with van der Waals surface area (Å²) in [4.78, 5) is 13.0.